The second kappa shape index (κ2) is 5.48. The monoisotopic (exact) mass is 235 g/mol. The van der Waals surface area contributed by atoms with Crippen LogP contribution in [-0.2, 0) is 0 Å². The highest BCUT2D eigenvalue weighted by Gasteiger charge is 2.16. The number of Topliss-reactive ketones (excluding diaryl/α,β-unsaturated/α-hetero) is 1. The van der Waals surface area contributed by atoms with Crippen LogP contribution in [0.5, 0.6) is 0 Å². The van der Waals surface area contributed by atoms with E-state index in [1.165, 1.54) is 25.7 Å². The molecule has 16 heavy (non-hydrogen) atoms. The molecule has 1 heterocycles. The SMILES string of the molecule is CC(=O)c1cccnc1SCC1CCCC1. The van der Waals surface area contributed by atoms with E-state index >= 15 is 0 Å². The molecule has 1 aliphatic carbocycles. The summed E-state index contributed by atoms with van der Waals surface area (Å²) >= 11 is 1.74. The van der Waals surface area contributed by atoms with Crippen LogP contribution in [0.3, 0.4) is 0 Å². The van der Waals surface area contributed by atoms with Crippen molar-refractivity contribution in [3.8, 4) is 0 Å². The first kappa shape index (κ1) is 11.6. The number of aromatic nitrogens is 1. The molecule has 0 radical (unpaired) electrons. The predicted octanol–water partition coefficient (Wildman–Crippen LogP) is 3.57. The van der Waals surface area contributed by atoms with Crippen molar-refractivity contribution in [2.45, 2.75) is 37.6 Å². The molecule has 3 heteroatoms. The molecule has 1 aliphatic rings. The van der Waals surface area contributed by atoms with Gasteiger partial charge in [0.05, 0.1) is 0 Å². The maximum absolute atomic E-state index is 11.4. The van der Waals surface area contributed by atoms with Gasteiger partial charge in [-0.2, -0.15) is 0 Å². The molecule has 0 saturated heterocycles. The summed E-state index contributed by atoms with van der Waals surface area (Å²) in [6.07, 6.45) is 7.19. The van der Waals surface area contributed by atoms with Gasteiger partial charge in [0.1, 0.15) is 5.03 Å². The van der Waals surface area contributed by atoms with Crippen LogP contribution in [0.4, 0.5) is 0 Å². The summed E-state index contributed by atoms with van der Waals surface area (Å²) in [5.74, 6) is 2.05. The molecule has 1 saturated carbocycles. The van der Waals surface area contributed by atoms with Crippen molar-refractivity contribution < 1.29 is 4.79 Å². The molecule has 0 aromatic carbocycles. The first-order valence-electron chi connectivity index (χ1n) is 5.86. The quantitative estimate of drug-likeness (QED) is 0.590. The number of pyridine rings is 1. The Balaban J connectivity index is 2.00. The number of nitrogens with zero attached hydrogens (tertiary/aromatic N) is 1. The highest BCUT2D eigenvalue weighted by atomic mass is 32.2. The molecule has 0 aliphatic heterocycles. The molecular weight excluding hydrogens is 218 g/mol. The highest BCUT2D eigenvalue weighted by Crippen LogP contribution is 2.31. The smallest absolute Gasteiger partial charge is 0.162 e. The average Bonchev–Trinajstić information content (AvgIpc) is 2.79. The third kappa shape index (κ3) is 2.85. The van der Waals surface area contributed by atoms with Crippen LogP contribution in [0.1, 0.15) is 43.0 Å². The van der Waals surface area contributed by atoms with E-state index in [4.69, 9.17) is 0 Å². The lowest BCUT2D eigenvalue weighted by Crippen LogP contribution is -2.01. The molecule has 1 aromatic heterocycles. The molecule has 2 rings (SSSR count). The van der Waals surface area contributed by atoms with E-state index < -0.39 is 0 Å². The standard InChI is InChI=1S/C13H17NOS/c1-10(15)12-7-4-8-14-13(12)16-9-11-5-2-3-6-11/h4,7-8,11H,2-3,5-6,9H2,1H3. The van der Waals surface area contributed by atoms with Crippen LogP contribution in [0.25, 0.3) is 0 Å². The molecule has 1 aromatic rings. The summed E-state index contributed by atoms with van der Waals surface area (Å²) in [6.45, 7) is 1.61. The Hall–Kier alpha value is -0.830. The second-order valence-corrected chi connectivity index (χ2v) is 5.38. The fraction of sp³-hybridized carbons (Fsp3) is 0.538. The number of thioether (sulfide) groups is 1. The van der Waals surface area contributed by atoms with Gasteiger partial charge in [-0.3, -0.25) is 4.79 Å². The van der Waals surface area contributed by atoms with Crippen molar-refractivity contribution in [2.24, 2.45) is 5.92 Å². The maximum Gasteiger partial charge on any atom is 0.162 e. The van der Waals surface area contributed by atoms with Crippen molar-refractivity contribution in [1.82, 2.24) is 4.98 Å². The third-order valence-corrected chi connectivity index (χ3v) is 4.32. The lowest BCUT2D eigenvalue weighted by molar-refractivity contribution is 0.101. The van der Waals surface area contributed by atoms with Crippen molar-refractivity contribution in [2.75, 3.05) is 5.75 Å². The first-order valence-corrected chi connectivity index (χ1v) is 6.84. The Morgan fingerprint density at radius 1 is 1.50 bits per heavy atom. The minimum absolute atomic E-state index is 0.113. The predicted molar refractivity (Wildman–Crippen MR) is 66.9 cm³/mol. The Labute approximate surface area is 101 Å². The van der Waals surface area contributed by atoms with Gasteiger partial charge >= 0.3 is 0 Å². The molecule has 0 spiro atoms. The zero-order valence-corrected chi connectivity index (χ0v) is 10.4. The summed E-state index contributed by atoms with van der Waals surface area (Å²) in [5.41, 5.74) is 0.769. The van der Waals surface area contributed by atoms with Gasteiger partial charge in [0.15, 0.2) is 5.78 Å². The van der Waals surface area contributed by atoms with E-state index in [1.54, 1.807) is 24.9 Å². The molecule has 86 valence electrons. The summed E-state index contributed by atoms with van der Waals surface area (Å²) in [7, 11) is 0. The Kier molecular flexibility index (Phi) is 3.99. The molecule has 0 bridgehead atoms. The zero-order valence-electron chi connectivity index (χ0n) is 9.61. The van der Waals surface area contributed by atoms with Gasteiger partial charge in [-0.15, -0.1) is 11.8 Å². The minimum atomic E-state index is 0.113. The Morgan fingerprint density at radius 2 is 2.25 bits per heavy atom. The summed E-state index contributed by atoms with van der Waals surface area (Å²) < 4.78 is 0. The largest absolute Gasteiger partial charge is 0.294 e. The van der Waals surface area contributed by atoms with E-state index in [9.17, 15) is 4.79 Å². The van der Waals surface area contributed by atoms with Crippen LogP contribution in [0, 0.1) is 5.92 Å². The molecule has 0 atom stereocenters. The second-order valence-electron chi connectivity index (χ2n) is 4.37. The number of hydrogen-bond acceptors (Lipinski definition) is 3. The fourth-order valence-corrected chi connectivity index (χ4v) is 3.38. The summed E-state index contributed by atoms with van der Waals surface area (Å²) in [5, 5.41) is 0.905. The lowest BCUT2D eigenvalue weighted by atomic mass is 10.1. The summed E-state index contributed by atoms with van der Waals surface area (Å²) in [6, 6.07) is 3.70. The van der Waals surface area contributed by atoms with E-state index in [-0.39, 0.29) is 5.78 Å². The van der Waals surface area contributed by atoms with Gasteiger partial charge in [-0.25, -0.2) is 4.98 Å². The highest BCUT2D eigenvalue weighted by molar-refractivity contribution is 7.99. The molecule has 0 amide bonds. The third-order valence-electron chi connectivity index (χ3n) is 3.08. The molecule has 1 fully saturated rings. The van der Waals surface area contributed by atoms with Crippen LogP contribution in [-0.4, -0.2) is 16.5 Å². The van der Waals surface area contributed by atoms with Crippen LogP contribution in [0.2, 0.25) is 0 Å². The Bertz CT molecular complexity index is 372. The van der Waals surface area contributed by atoms with Crippen molar-refractivity contribution in [3.05, 3.63) is 23.9 Å². The van der Waals surface area contributed by atoms with Gasteiger partial charge in [0.25, 0.3) is 0 Å². The van der Waals surface area contributed by atoms with Gasteiger partial charge < -0.3 is 0 Å². The number of carbonyl (C=O) groups is 1. The average molecular weight is 235 g/mol. The van der Waals surface area contributed by atoms with E-state index in [0.717, 1.165) is 22.3 Å². The first-order chi connectivity index (χ1) is 7.77. The van der Waals surface area contributed by atoms with E-state index in [1.807, 2.05) is 12.1 Å². The molecule has 2 nitrogen and oxygen atoms in total. The molecule has 0 N–H and O–H groups in total. The van der Waals surface area contributed by atoms with E-state index in [0.29, 0.717) is 0 Å². The van der Waals surface area contributed by atoms with Crippen molar-refractivity contribution in [1.29, 1.82) is 0 Å². The number of ketones is 1. The maximum atomic E-state index is 11.4. The number of carbonyl (C=O) groups excluding carboxylic acids is 1. The number of hydrogen-bond donors (Lipinski definition) is 0. The molecular formula is C13H17NOS. The fourth-order valence-electron chi connectivity index (χ4n) is 2.15. The lowest BCUT2D eigenvalue weighted by Gasteiger charge is -2.09. The number of rotatable bonds is 4. The Morgan fingerprint density at radius 3 is 2.94 bits per heavy atom. The van der Waals surface area contributed by atoms with Crippen LogP contribution < -0.4 is 0 Å². The summed E-state index contributed by atoms with van der Waals surface area (Å²) in [4.78, 5) is 15.7. The topological polar surface area (TPSA) is 30.0 Å². The van der Waals surface area contributed by atoms with Gasteiger partial charge in [-0.1, -0.05) is 12.8 Å². The van der Waals surface area contributed by atoms with Crippen LogP contribution in [0.15, 0.2) is 23.4 Å². The van der Waals surface area contributed by atoms with Gasteiger partial charge in [-0.05, 0) is 37.8 Å². The van der Waals surface area contributed by atoms with Crippen molar-refractivity contribution in [3.63, 3.8) is 0 Å². The molecule has 0 unspecified atom stereocenters. The van der Waals surface area contributed by atoms with Crippen molar-refractivity contribution >= 4 is 17.5 Å². The van der Waals surface area contributed by atoms with Gasteiger partial charge in [0, 0.05) is 17.5 Å². The van der Waals surface area contributed by atoms with E-state index in [2.05, 4.69) is 4.98 Å². The minimum Gasteiger partial charge on any atom is -0.294 e. The normalized spacial score (nSPS) is 16.6. The van der Waals surface area contributed by atoms with Crippen LogP contribution >= 0.6 is 11.8 Å². The van der Waals surface area contributed by atoms with Gasteiger partial charge in [0.2, 0.25) is 0 Å². The zero-order chi connectivity index (χ0) is 11.4.